The Morgan fingerprint density at radius 2 is 2.27 bits per heavy atom. The first-order valence-electron chi connectivity index (χ1n) is 3.95. The second kappa shape index (κ2) is 4.24. The minimum atomic E-state index is -0.855. The van der Waals surface area contributed by atoms with Crippen LogP contribution in [0.15, 0.2) is 12.1 Å². The molecule has 0 aliphatic carbocycles. The molecule has 0 aliphatic rings. The van der Waals surface area contributed by atoms with E-state index >= 15 is 0 Å². The molecular formula is C10H7NO4. The predicted octanol–water partition coefficient (Wildman–Crippen LogP) is 0.863. The van der Waals surface area contributed by atoms with Gasteiger partial charge in [0.05, 0.1) is 24.3 Å². The number of esters is 1. The van der Waals surface area contributed by atoms with Gasteiger partial charge in [0.25, 0.3) is 0 Å². The molecule has 1 N–H and O–H groups in total. The number of benzene rings is 1. The molecule has 1 aromatic rings. The summed E-state index contributed by atoms with van der Waals surface area (Å²) in [6.07, 6.45) is 0.338. The van der Waals surface area contributed by atoms with Crippen LogP contribution < -0.4 is 0 Å². The summed E-state index contributed by atoms with van der Waals surface area (Å²) in [6, 6.07) is 4.16. The van der Waals surface area contributed by atoms with Crippen LogP contribution in [0.25, 0.3) is 0 Å². The molecule has 0 saturated carbocycles. The number of hydrogen-bond acceptors (Lipinski definition) is 5. The number of phenolic OH excluding ortho intramolecular Hbond substituents is 1. The summed E-state index contributed by atoms with van der Waals surface area (Å²) in [4.78, 5) is 21.9. The van der Waals surface area contributed by atoms with Crippen molar-refractivity contribution in [3.8, 4) is 11.8 Å². The van der Waals surface area contributed by atoms with Crippen molar-refractivity contribution < 1.29 is 19.4 Å². The number of phenols is 1. The third kappa shape index (κ3) is 1.79. The van der Waals surface area contributed by atoms with Gasteiger partial charge in [-0.15, -0.1) is 0 Å². The van der Waals surface area contributed by atoms with Gasteiger partial charge in [0.15, 0.2) is 6.29 Å². The molecule has 0 unspecified atom stereocenters. The van der Waals surface area contributed by atoms with E-state index in [0.29, 0.717) is 6.29 Å². The van der Waals surface area contributed by atoms with Crippen molar-refractivity contribution in [1.29, 1.82) is 5.26 Å². The van der Waals surface area contributed by atoms with Crippen LogP contribution in [0.3, 0.4) is 0 Å². The summed E-state index contributed by atoms with van der Waals surface area (Å²) in [5.74, 6) is -1.24. The Kier molecular flexibility index (Phi) is 3.03. The maximum absolute atomic E-state index is 11.2. The van der Waals surface area contributed by atoms with Crippen molar-refractivity contribution in [3.05, 3.63) is 28.8 Å². The van der Waals surface area contributed by atoms with Crippen LogP contribution in [-0.2, 0) is 4.74 Å². The number of methoxy groups -OCH3 is 1. The highest BCUT2D eigenvalue weighted by molar-refractivity contribution is 6.02. The van der Waals surface area contributed by atoms with Crippen LogP contribution in [0.4, 0.5) is 0 Å². The Morgan fingerprint density at radius 1 is 1.60 bits per heavy atom. The molecule has 0 spiro atoms. The highest BCUT2D eigenvalue weighted by Gasteiger charge is 2.19. The van der Waals surface area contributed by atoms with Crippen molar-refractivity contribution in [2.45, 2.75) is 0 Å². The second-order valence-electron chi connectivity index (χ2n) is 2.64. The molecule has 0 saturated heterocycles. The van der Waals surface area contributed by atoms with Gasteiger partial charge in [0.2, 0.25) is 0 Å². The van der Waals surface area contributed by atoms with Gasteiger partial charge in [-0.05, 0) is 12.1 Å². The number of carbonyl (C=O) groups excluding carboxylic acids is 2. The van der Waals surface area contributed by atoms with Crippen LogP contribution in [0.1, 0.15) is 26.3 Å². The lowest BCUT2D eigenvalue weighted by Crippen LogP contribution is -2.07. The summed E-state index contributed by atoms with van der Waals surface area (Å²) >= 11 is 0. The van der Waals surface area contributed by atoms with Crippen molar-refractivity contribution >= 4 is 12.3 Å². The van der Waals surface area contributed by atoms with Crippen molar-refractivity contribution in [2.75, 3.05) is 7.11 Å². The second-order valence-corrected chi connectivity index (χ2v) is 2.64. The molecule has 0 aliphatic heterocycles. The van der Waals surface area contributed by atoms with Crippen LogP contribution in [0, 0.1) is 11.3 Å². The minimum absolute atomic E-state index is 0.0169. The molecule has 1 rings (SSSR count). The minimum Gasteiger partial charge on any atom is -0.507 e. The topological polar surface area (TPSA) is 87.4 Å². The Balaban J connectivity index is 3.54. The third-order valence-electron chi connectivity index (χ3n) is 1.85. The highest BCUT2D eigenvalue weighted by Crippen LogP contribution is 2.23. The van der Waals surface area contributed by atoms with E-state index in [9.17, 15) is 14.7 Å². The molecule has 0 bridgehead atoms. The van der Waals surface area contributed by atoms with E-state index in [1.165, 1.54) is 6.07 Å². The lowest BCUT2D eigenvalue weighted by Gasteiger charge is -2.06. The van der Waals surface area contributed by atoms with Crippen LogP contribution >= 0.6 is 0 Å². The summed E-state index contributed by atoms with van der Waals surface area (Å²) < 4.78 is 4.39. The molecule has 15 heavy (non-hydrogen) atoms. The maximum atomic E-state index is 11.2. The molecular weight excluding hydrogens is 198 g/mol. The smallest absolute Gasteiger partial charge is 0.342 e. The van der Waals surface area contributed by atoms with Gasteiger partial charge in [-0.25, -0.2) is 4.79 Å². The van der Waals surface area contributed by atoms with Gasteiger partial charge >= 0.3 is 5.97 Å². The zero-order valence-corrected chi connectivity index (χ0v) is 7.85. The highest BCUT2D eigenvalue weighted by atomic mass is 16.5. The molecule has 0 heterocycles. The van der Waals surface area contributed by atoms with Gasteiger partial charge in [-0.1, -0.05) is 0 Å². The standard InChI is InChI=1S/C10H7NO4/c1-15-10(14)9-7(5-12)6(4-11)2-3-8(9)13/h2-3,5,13H,1H3. The number of nitriles is 1. The van der Waals surface area contributed by atoms with Crippen LogP contribution in [-0.4, -0.2) is 24.5 Å². The first-order chi connectivity index (χ1) is 7.15. The quantitative estimate of drug-likeness (QED) is 0.571. The number of nitrogens with zero attached hydrogens (tertiary/aromatic N) is 1. The van der Waals surface area contributed by atoms with Crippen molar-refractivity contribution in [3.63, 3.8) is 0 Å². The normalized spacial score (nSPS) is 9.07. The van der Waals surface area contributed by atoms with E-state index in [-0.39, 0.29) is 22.4 Å². The van der Waals surface area contributed by atoms with Gasteiger partial charge in [-0.2, -0.15) is 5.26 Å². The fourth-order valence-corrected chi connectivity index (χ4v) is 1.14. The van der Waals surface area contributed by atoms with Gasteiger partial charge in [0, 0.05) is 0 Å². The average molecular weight is 205 g/mol. The summed E-state index contributed by atoms with van der Waals surface area (Å²) in [5.41, 5.74) is -0.431. The van der Waals surface area contributed by atoms with E-state index < -0.39 is 5.97 Å². The van der Waals surface area contributed by atoms with E-state index in [0.717, 1.165) is 13.2 Å². The molecule has 0 atom stereocenters. The molecule has 0 fully saturated rings. The van der Waals surface area contributed by atoms with E-state index in [2.05, 4.69) is 4.74 Å². The van der Waals surface area contributed by atoms with E-state index in [1.54, 1.807) is 6.07 Å². The Hall–Kier alpha value is -2.35. The zero-order valence-electron chi connectivity index (χ0n) is 7.85. The number of carbonyl (C=O) groups is 2. The van der Waals surface area contributed by atoms with Crippen molar-refractivity contribution in [1.82, 2.24) is 0 Å². The third-order valence-corrected chi connectivity index (χ3v) is 1.85. The number of ether oxygens (including phenoxy) is 1. The number of rotatable bonds is 2. The van der Waals surface area contributed by atoms with Crippen LogP contribution in [0.2, 0.25) is 0 Å². The molecule has 1 aromatic carbocycles. The lowest BCUT2D eigenvalue weighted by atomic mass is 10.0. The molecule has 5 heteroatoms. The molecule has 0 amide bonds. The van der Waals surface area contributed by atoms with Gasteiger partial charge in [0.1, 0.15) is 11.3 Å². The summed E-state index contributed by atoms with van der Waals surface area (Å²) in [5, 5.41) is 18.1. The van der Waals surface area contributed by atoms with Crippen LogP contribution in [0.5, 0.6) is 5.75 Å². The summed E-state index contributed by atoms with van der Waals surface area (Å²) in [6.45, 7) is 0. The number of aromatic hydroxyl groups is 1. The Labute approximate surface area is 85.5 Å². The van der Waals surface area contributed by atoms with E-state index in [4.69, 9.17) is 5.26 Å². The van der Waals surface area contributed by atoms with Gasteiger partial charge in [-0.3, -0.25) is 4.79 Å². The zero-order chi connectivity index (χ0) is 11.4. The fraction of sp³-hybridized carbons (Fsp3) is 0.100. The maximum Gasteiger partial charge on any atom is 0.342 e. The fourth-order valence-electron chi connectivity index (χ4n) is 1.14. The molecule has 0 aromatic heterocycles. The Morgan fingerprint density at radius 3 is 2.73 bits per heavy atom. The lowest BCUT2D eigenvalue weighted by molar-refractivity contribution is 0.0595. The molecule has 0 radical (unpaired) electrons. The van der Waals surface area contributed by atoms with E-state index in [1.807, 2.05) is 0 Å². The monoisotopic (exact) mass is 205 g/mol. The number of aldehydes is 1. The first-order valence-corrected chi connectivity index (χ1v) is 3.95. The summed E-state index contributed by atoms with van der Waals surface area (Å²) in [7, 11) is 1.12. The van der Waals surface area contributed by atoms with Crippen molar-refractivity contribution in [2.24, 2.45) is 0 Å². The number of hydrogen-bond donors (Lipinski definition) is 1. The predicted molar refractivity (Wildman–Crippen MR) is 49.5 cm³/mol. The molecule has 76 valence electrons. The first kappa shape index (κ1) is 10.7. The molecule has 5 nitrogen and oxygen atoms in total. The largest absolute Gasteiger partial charge is 0.507 e. The SMILES string of the molecule is COC(=O)c1c(O)ccc(C#N)c1C=O. The Bertz CT molecular complexity index is 459. The van der Waals surface area contributed by atoms with Gasteiger partial charge < -0.3 is 9.84 Å². The average Bonchev–Trinajstić information content (AvgIpc) is 2.27.